The molecular formula is C11H18N6S. The molecule has 0 saturated carbocycles. The molecule has 2 aromatic heterocycles. The maximum absolute atomic E-state index is 5.87. The Bertz CT molecular complexity index is 536. The molecule has 0 aliphatic rings. The Morgan fingerprint density at radius 2 is 2.17 bits per heavy atom. The van der Waals surface area contributed by atoms with Gasteiger partial charge < -0.3 is 11.1 Å². The van der Waals surface area contributed by atoms with Gasteiger partial charge in [0.15, 0.2) is 0 Å². The summed E-state index contributed by atoms with van der Waals surface area (Å²) in [7, 11) is 1.82. The molecule has 0 unspecified atom stereocenters. The van der Waals surface area contributed by atoms with E-state index in [-0.39, 0.29) is 5.41 Å². The lowest BCUT2D eigenvalue weighted by molar-refractivity contribution is 0.555. The molecule has 0 saturated heterocycles. The van der Waals surface area contributed by atoms with Crippen LogP contribution in [0.2, 0.25) is 0 Å². The molecule has 0 bridgehead atoms. The molecule has 0 fully saturated rings. The van der Waals surface area contributed by atoms with Crippen molar-refractivity contribution in [2.24, 2.45) is 7.05 Å². The number of hydrogen-bond acceptors (Lipinski definition) is 6. The number of aromatic nitrogens is 4. The van der Waals surface area contributed by atoms with Gasteiger partial charge in [0.2, 0.25) is 5.13 Å². The van der Waals surface area contributed by atoms with Gasteiger partial charge >= 0.3 is 0 Å². The zero-order valence-electron chi connectivity index (χ0n) is 11.1. The van der Waals surface area contributed by atoms with Crippen LogP contribution in [0.25, 0.3) is 0 Å². The molecule has 0 atom stereocenters. The fourth-order valence-electron chi connectivity index (χ4n) is 1.40. The first kappa shape index (κ1) is 12.8. The monoisotopic (exact) mass is 266 g/mol. The maximum atomic E-state index is 5.87. The topological polar surface area (TPSA) is 81.7 Å². The molecule has 0 aliphatic heterocycles. The fourth-order valence-corrected chi connectivity index (χ4v) is 2.15. The van der Waals surface area contributed by atoms with Gasteiger partial charge in [-0.05, 0) is 0 Å². The van der Waals surface area contributed by atoms with Gasteiger partial charge in [-0.25, -0.2) is 4.98 Å². The van der Waals surface area contributed by atoms with E-state index < -0.39 is 0 Å². The molecule has 2 aromatic rings. The normalized spacial score (nSPS) is 11.8. The highest BCUT2D eigenvalue weighted by molar-refractivity contribution is 7.09. The summed E-state index contributed by atoms with van der Waals surface area (Å²) >= 11 is 1.37. The van der Waals surface area contributed by atoms with Crippen LogP contribution < -0.4 is 11.1 Å². The third kappa shape index (κ3) is 2.61. The average molecular weight is 266 g/mol. The fraction of sp³-hybridized carbons (Fsp3) is 0.545. The van der Waals surface area contributed by atoms with Gasteiger partial charge in [0.1, 0.15) is 11.6 Å². The van der Waals surface area contributed by atoms with Gasteiger partial charge in [0.25, 0.3) is 0 Å². The van der Waals surface area contributed by atoms with Crippen LogP contribution in [0.15, 0.2) is 6.20 Å². The lowest BCUT2D eigenvalue weighted by atomic mass is 9.96. The molecule has 6 nitrogen and oxygen atoms in total. The molecule has 0 aromatic carbocycles. The molecule has 2 heterocycles. The Kier molecular flexibility index (Phi) is 3.25. The Morgan fingerprint density at radius 3 is 2.67 bits per heavy atom. The molecule has 7 heteroatoms. The zero-order valence-corrected chi connectivity index (χ0v) is 11.9. The van der Waals surface area contributed by atoms with E-state index in [4.69, 9.17) is 5.73 Å². The summed E-state index contributed by atoms with van der Waals surface area (Å²) in [6.45, 7) is 6.90. The molecule has 98 valence electrons. The summed E-state index contributed by atoms with van der Waals surface area (Å²) in [5.41, 5.74) is 6.81. The minimum absolute atomic E-state index is 0.0240. The second-order valence-corrected chi connectivity index (χ2v) is 5.96. The van der Waals surface area contributed by atoms with Crippen LogP contribution >= 0.6 is 11.5 Å². The minimum Gasteiger partial charge on any atom is -0.384 e. The number of nitrogen functional groups attached to an aromatic ring is 1. The largest absolute Gasteiger partial charge is 0.384 e. The third-order valence-electron chi connectivity index (χ3n) is 2.59. The average Bonchev–Trinajstić information content (AvgIpc) is 2.86. The van der Waals surface area contributed by atoms with Crippen LogP contribution in [0.1, 0.15) is 32.2 Å². The van der Waals surface area contributed by atoms with Crippen LogP contribution in [-0.2, 0) is 19.0 Å². The van der Waals surface area contributed by atoms with E-state index in [0.29, 0.717) is 12.4 Å². The van der Waals surface area contributed by atoms with E-state index in [1.54, 1.807) is 10.9 Å². The number of hydrogen-bond donors (Lipinski definition) is 2. The summed E-state index contributed by atoms with van der Waals surface area (Å²) in [6.07, 6.45) is 1.76. The standard InChI is InChI=1S/C11H18N6S/c1-11(2,3)9-15-10(18-16-9)13-5-7-6-14-17(4)8(7)12/h6H,5,12H2,1-4H3,(H,13,15,16). The molecule has 0 radical (unpaired) electrons. The predicted octanol–water partition coefficient (Wildman–Crippen LogP) is 1.76. The van der Waals surface area contributed by atoms with Gasteiger partial charge in [-0.3, -0.25) is 4.68 Å². The van der Waals surface area contributed by atoms with Crippen molar-refractivity contribution in [2.45, 2.75) is 32.7 Å². The van der Waals surface area contributed by atoms with E-state index in [2.05, 4.69) is 40.5 Å². The summed E-state index contributed by atoms with van der Waals surface area (Å²) < 4.78 is 5.99. The van der Waals surface area contributed by atoms with Crippen molar-refractivity contribution in [3.8, 4) is 0 Å². The van der Waals surface area contributed by atoms with Crippen LogP contribution in [0.4, 0.5) is 10.9 Å². The Labute approximate surface area is 110 Å². The minimum atomic E-state index is -0.0240. The molecule has 18 heavy (non-hydrogen) atoms. The van der Waals surface area contributed by atoms with Crippen molar-refractivity contribution < 1.29 is 0 Å². The molecule has 0 spiro atoms. The van der Waals surface area contributed by atoms with Crippen molar-refractivity contribution in [1.29, 1.82) is 0 Å². The number of nitrogens with one attached hydrogen (secondary N) is 1. The highest BCUT2D eigenvalue weighted by Crippen LogP contribution is 2.23. The number of aryl methyl sites for hydroxylation is 1. The van der Waals surface area contributed by atoms with E-state index in [1.807, 2.05) is 7.05 Å². The highest BCUT2D eigenvalue weighted by Gasteiger charge is 2.19. The van der Waals surface area contributed by atoms with Crippen LogP contribution in [0.3, 0.4) is 0 Å². The van der Waals surface area contributed by atoms with Crippen LogP contribution in [0.5, 0.6) is 0 Å². The maximum Gasteiger partial charge on any atom is 0.202 e. The molecule has 0 amide bonds. The van der Waals surface area contributed by atoms with Crippen molar-refractivity contribution in [2.75, 3.05) is 11.1 Å². The van der Waals surface area contributed by atoms with Crippen molar-refractivity contribution in [1.82, 2.24) is 19.1 Å². The molecule has 0 aliphatic carbocycles. The number of rotatable bonds is 3. The first-order valence-corrected chi connectivity index (χ1v) is 6.49. The second-order valence-electron chi connectivity index (χ2n) is 5.21. The first-order chi connectivity index (χ1) is 8.38. The van der Waals surface area contributed by atoms with E-state index in [0.717, 1.165) is 16.5 Å². The third-order valence-corrected chi connectivity index (χ3v) is 3.26. The smallest absolute Gasteiger partial charge is 0.202 e. The van der Waals surface area contributed by atoms with Crippen molar-refractivity contribution >= 4 is 22.5 Å². The Balaban J connectivity index is 2.03. The first-order valence-electron chi connectivity index (χ1n) is 5.72. The number of nitrogens with zero attached hydrogens (tertiary/aromatic N) is 4. The van der Waals surface area contributed by atoms with Gasteiger partial charge in [-0.2, -0.15) is 9.47 Å². The van der Waals surface area contributed by atoms with Crippen molar-refractivity contribution in [3.63, 3.8) is 0 Å². The lowest BCUT2D eigenvalue weighted by Gasteiger charge is -2.12. The van der Waals surface area contributed by atoms with E-state index in [1.165, 1.54) is 11.5 Å². The van der Waals surface area contributed by atoms with Crippen molar-refractivity contribution in [3.05, 3.63) is 17.6 Å². The lowest BCUT2D eigenvalue weighted by Crippen LogP contribution is -2.13. The quantitative estimate of drug-likeness (QED) is 0.884. The van der Waals surface area contributed by atoms with Gasteiger partial charge in [0.05, 0.1) is 6.20 Å². The Hall–Kier alpha value is -1.63. The summed E-state index contributed by atoms with van der Waals surface area (Å²) in [5, 5.41) is 8.12. The zero-order chi connectivity index (χ0) is 13.3. The van der Waals surface area contributed by atoms with Gasteiger partial charge in [-0.1, -0.05) is 20.8 Å². The van der Waals surface area contributed by atoms with E-state index >= 15 is 0 Å². The highest BCUT2D eigenvalue weighted by atomic mass is 32.1. The Morgan fingerprint density at radius 1 is 1.44 bits per heavy atom. The second kappa shape index (κ2) is 4.56. The predicted molar refractivity (Wildman–Crippen MR) is 73.6 cm³/mol. The number of anilines is 2. The van der Waals surface area contributed by atoms with Crippen LogP contribution in [-0.4, -0.2) is 19.1 Å². The molecular weight excluding hydrogens is 248 g/mol. The van der Waals surface area contributed by atoms with Gasteiger partial charge in [-0.15, -0.1) is 0 Å². The number of nitrogens with two attached hydrogens (primary N) is 1. The summed E-state index contributed by atoms with van der Waals surface area (Å²) in [4.78, 5) is 4.46. The van der Waals surface area contributed by atoms with Crippen LogP contribution in [0, 0.1) is 0 Å². The van der Waals surface area contributed by atoms with Gasteiger partial charge in [0, 0.05) is 36.1 Å². The summed E-state index contributed by atoms with van der Waals surface area (Å²) in [5.74, 6) is 1.53. The molecule has 2 rings (SSSR count). The summed E-state index contributed by atoms with van der Waals surface area (Å²) in [6, 6.07) is 0. The SMILES string of the molecule is Cn1ncc(CNc2nc(C(C)(C)C)ns2)c1N. The molecule has 3 N–H and O–H groups in total. The van der Waals surface area contributed by atoms with E-state index in [9.17, 15) is 0 Å².